The maximum Gasteiger partial charge on any atom is 0.315 e. The molecule has 0 spiro atoms. The third-order valence-electron chi connectivity index (χ3n) is 5.42. The third kappa shape index (κ3) is 4.73. The third-order valence-corrected chi connectivity index (χ3v) is 6.33. The maximum absolute atomic E-state index is 11.6. The van der Waals surface area contributed by atoms with Gasteiger partial charge < -0.3 is 19.9 Å². The van der Waals surface area contributed by atoms with Crippen LogP contribution < -0.4 is 14.8 Å². The van der Waals surface area contributed by atoms with Crippen LogP contribution >= 0.6 is 11.8 Å². The van der Waals surface area contributed by atoms with Crippen LogP contribution in [-0.2, 0) is 5.75 Å². The van der Waals surface area contributed by atoms with Gasteiger partial charge in [0.1, 0.15) is 0 Å². The summed E-state index contributed by atoms with van der Waals surface area (Å²) in [6, 6.07) is 20.1. The lowest BCUT2D eigenvalue weighted by Gasteiger charge is -2.20. The molecule has 1 atom stereocenters. The summed E-state index contributed by atoms with van der Waals surface area (Å²) < 4.78 is 11.7. The van der Waals surface area contributed by atoms with Crippen LogP contribution in [0.1, 0.15) is 24.3 Å². The van der Waals surface area contributed by atoms with Gasteiger partial charge in [-0.3, -0.25) is 10.1 Å². The Labute approximate surface area is 210 Å². The van der Waals surface area contributed by atoms with Gasteiger partial charge in [0.2, 0.25) is 16.8 Å². The monoisotopic (exact) mass is 503 g/mol. The number of ether oxygens (including phenoxy) is 2. The molecule has 10 nitrogen and oxygen atoms in total. The van der Waals surface area contributed by atoms with E-state index in [1.165, 1.54) is 23.9 Å². The minimum Gasteiger partial charge on any atom is -0.500 e. The SMILES string of the molecule is CCOc1cc([C@H]2Nc3ccccc3-c3nnc(SCc4ccccc4)nc3O2)cc([N+](=O)[O-])c1O. The van der Waals surface area contributed by atoms with E-state index in [0.29, 0.717) is 27.9 Å². The van der Waals surface area contributed by atoms with Crippen LogP contribution in [0.3, 0.4) is 0 Å². The van der Waals surface area contributed by atoms with E-state index in [4.69, 9.17) is 9.47 Å². The Morgan fingerprint density at radius 2 is 1.92 bits per heavy atom. The molecule has 4 aromatic rings. The average Bonchev–Trinajstić information content (AvgIpc) is 3.06. The molecule has 11 heteroatoms. The van der Waals surface area contributed by atoms with Crippen molar-refractivity contribution in [3.8, 4) is 28.6 Å². The highest BCUT2D eigenvalue weighted by Crippen LogP contribution is 2.43. The van der Waals surface area contributed by atoms with Gasteiger partial charge in [0, 0.05) is 28.6 Å². The molecule has 0 unspecified atom stereocenters. The predicted molar refractivity (Wildman–Crippen MR) is 134 cm³/mol. The van der Waals surface area contributed by atoms with Crippen LogP contribution in [0.15, 0.2) is 71.9 Å². The number of hydrogen-bond donors (Lipinski definition) is 2. The molecule has 2 N–H and O–H groups in total. The van der Waals surface area contributed by atoms with E-state index >= 15 is 0 Å². The number of aromatic nitrogens is 3. The number of aromatic hydroxyl groups is 1. The van der Waals surface area contributed by atoms with Gasteiger partial charge >= 0.3 is 5.69 Å². The van der Waals surface area contributed by atoms with E-state index in [1.54, 1.807) is 6.92 Å². The first-order valence-corrected chi connectivity index (χ1v) is 12.1. The summed E-state index contributed by atoms with van der Waals surface area (Å²) in [5.41, 5.74) is 2.88. The number of para-hydroxylation sites is 1. The minimum atomic E-state index is -0.880. The van der Waals surface area contributed by atoms with Gasteiger partial charge in [-0.15, -0.1) is 10.2 Å². The summed E-state index contributed by atoms with van der Waals surface area (Å²) in [5.74, 6) is 0.339. The Hall–Kier alpha value is -4.38. The van der Waals surface area contributed by atoms with Crippen LogP contribution in [0.2, 0.25) is 0 Å². The second-order valence-electron chi connectivity index (χ2n) is 7.79. The van der Waals surface area contributed by atoms with Gasteiger partial charge in [0.15, 0.2) is 17.7 Å². The second kappa shape index (κ2) is 10.1. The van der Waals surface area contributed by atoms with Crippen LogP contribution in [0, 0.1) is 10.1 Å². The highest BCUT2D eigenvalue weighted by atomic mass is 32.2. The molecular weight excluding hydrogens is 482 g/mol. The number of hydrogen-bond acceptors (Lipinski definition) is 10. The Morgan fingerprint density at radius 3 is 2.69 bits per heavy atom. The Bertz CT molecular complexity index is 1420. The zero-order valence-electron chi connectivity index (χ0n) is 19.1. The van der Waals surface area contributed by atoms with Crippen LogP contribution in [0.5, 0.6) is 17.4 Å². The largest absolute Gasteiger partial charge is 0.500 e. The molecule has 36 heavy (non-hydrogen) atoms. The lowest BCUT2D eigenvalue weighted by Crippen LogP contribution is -2.17. The number of anilines is 1. The molecule has 5 rings (SSSR count). The maximum atomic E-state index is 11.6. The van der Waals surface area contributed by atoms with Crippen molar-refractivity contribution in [1.82, 2.24) is 15.2 Å². The number of nitrogens with zero attached hydrogens (tertiary/aromatic N) is 4. The molecule has 0 bridgehead atoms. The molecular formula is C25H21N5O5S. The lowest BCUT2D eigenvalue weighted by atomic mass is 10.1. The first-order valence-electron chi connectivity index (χ1n) is 11.1. The van der Waals surface area contributed by atoms with Crippen LogP contribution in [0.25, 0.3) is 11.3 Å². The van der Waals surface area contributed by atoms with Gasteiger partial charge in [0.05, 0.1) is 11.5 Å². The molecule has 1 aromatic heterocycles. The van der Waals surface area contributed by atoms with Crippen molar-refractivity contribution in [2.24, 2.45) is 0 Å². The fraction of sp³-hybridized carbons (Fsp3) is 0.160. The fourth-order valence-electron chi connectivity index (χ4n) is 3.75. The first kappa shape index (κ1) is 23.4. The van der Waals surface area contributed by atoms with Crippen molar-refractivity contribution < 1.29 is 19.5 Å². The molecule has 0 aliphatic carbocycles. The van der Waals surface area contributed by atoms with Gasteiger partial charge in [-0.2, -0.15) is 4.98 Å². The van der Waals surface area contributed by atoms with Crippen molar-refractivity contribution in [2.75, 3.05) is 11.9 Å². The summed E-state index contributed by atoms with van der Waals surface area (Å²) in [4.78, 5) is 15.6. The van der Waals surface area contributed by atoms with Crippen LogP contribution in [0.4, 0.5) is 11.4 Å². The summed E-state index contributed by atoms with van der Waals surface area (Å²) in [6.07, 6.45) is -0.880. The van der Waals surface area contributed by atoms with Crippen molar-refractivity contribution in [3.63, 3.8) is 0 Å². The van der Waals surface area contributed by atoms with Gasteiger partial charge in [-0.25, -0.2) is 0 Å². The van der Waals surface area contributed by atoms with Crippen LogP contribution in [-0.4, -0.2) is 31.8 Å². The minimum absolute atomic E-state index is 0.00947. The molecule has 0 amide bonds. The van der Waals surface area contributed by atoms with Crippen molar-refractivity contribution >= 4 is 23.1 Å². The summed E-state index contributed by atoms with van der Waals surface area (Å²) >= 11 is 1.42. The van der Waals surface area contributed by atoms with Gasteiger partial charge in [-0.05, 0) is 24.6 Å². The Balaban J connectivity index is 1.54. The van der Waals surface area contributed by atoms with Crippen molar-refractivity contribution in [3.05, 3.63) is 88.0 Å². The topological polar surface area (TPSA) is 133 Å². The molecule has 182 valence electrons. The number of nitro benzene ring substituents is 1. The summed E-state index contributed by atoms with van der Waals surface area (Å²) in [5, 5.41) is 34.3. The highest BCUT2D eigenvalue weighted by molar-refractivity contribution is 7.98. The quantitative estimate of drug-likeness (QED) is 0.193. The number of fused-ring (bicyclic) bond motifs is 3. The molecule has 3 aromatic carbocycles. The number of thioether (sulfide) groups is 1. The molecule has 0 radical (unpaired) electrons. The van der Waals surface area contributed by atoms with Gasteiger partial charge in [0.25, 0.3) is 0 Å². The zero-order chi connectivity index (χ0) is 25.1. The number of benzene rings is 3. The number of nitrogens with one attached hydrogen (secondary N) is 1. The summed E-state index contributed by atoms with van der Waals surface area (Å²) in [6.45, 7) is 1.94. The molecule has 2 heterocycles. The highest BCUT2D eigenvalue weighted by Gasteiger charge is 2.29. The van der Waals surface area contributed by atoms with E-state index in [2.05, 4.69) is 20.5 Å². The first-order chi connectivity index (χ1) is 17.5. The lowest BCUT2D eigenvalue weighted by molar-refractivity contribution is -0.386. The number of phenols is 1. The average molecular weight is 504 g/mol. The molecule has 1 aliphatic heterocycles. The van der Waals surface area contributed by atoms with E-state index in [-0.39, 0.29) is 18.2 Å². The van der Waals surface area contributed by atoms with Crippen molar-refractivity contribution in [1.29, 1.82) is 0 Å². The zero-order valence-corrected chi connectivity index (χ0v) is 19.9. The Morgan fingerprint density at radius 1 is 1.14 bits per heavy atom. The predicted octanol–water partition coefficient (Wildman–Crippen LogP) is 5.35. The molecule has 0 fully saturated rings. The molecule has 0 saturated carbocycles. The normalized spacial score (nSPS) is 14.0. The Kier molecular flexibility index (Phi) is 6.54. The number of rotatable bonds is 7. The molecule has 0 saturated heterocycles. The van der Waals surface area contributed by atoms with E-state index in [9.17, 15) is 15.2 Å². The molecule has 1 aliphatic rings. The standard InChI is InChI=1S/C25H21N5O5S/c1-2-34-20-13-16(12-19(22(20)31)30(32)33)23-26-18-11-7-6-10-17(18)21-24(35-23)27-25(29-28-21)36-14-15-8-4-3-5-9-15/h3-13,23,26,31H,2,14H2,1H3/t23-/m0/s1. The summed E-state index contributed by atoms with van der Waals surface area (Å²) in [7, 11) is 0. The smallest absolute Gasteiger partial charge is 0.315 e. The second-order valence-corrected chi connectivity index (χ2v) is 8.73. The van der Waals surface area contributed by atoms with E-state index in [0.717, 1.165) is 11.1 Å². The van der Waals surface area contributed by atoms with E-state index in [1.807, 2.05) is 54.6 Å². The van der Waals surface area contributed by atoms with Crippen molar-refractivity contribution in [2.45, 2.75) is 24.1 Å². The van der Waals surface area contributed by atoms with E-state index < -0.39 is 22.6 Å². The number of nitro groups is 1. The van der Waals surface area contributed by atoms with Gasteiger partial charge in [-0.1, -0.05) is 60.3 Å². The number of phenolic OH excluding ortho intramolecular Hbond substituents is 1. The fourth-order valence-corrected chi connectivity index (χ4v) is 4.49.